The van der Waals surface area contributed by atoms with Crippen LogP contribution in [0.1, 0.15) is 35.6 Å². The van der Waals surface area contributed by atoms with Crippen LogP contribution in [0, 0.1) is 0 Å². The van der Waals surface area contributed by atoms with Crippen LogP contribution in [0.15, 0.2) is 91.0 Å². The van der Waals surface area contributed by atoms with Crippen molar-refractivity contribution in [1.82, 2.24) is 10.2 Å². The van der Waals surface area contributed by atoms with E-state index in [4.69, 9.17) is 4.74 Å². The SMILES string of the molecule is CC(=O)NC1S[C@@H]2C(c3ccccc3)C(=O)N2CC1(O)C(=O)OC(c1ccccc1)c1ccccc1. The number of benzene rings is 3. The molecule has 3 aromatic carbocycles. The lowest BCUT2D eigenvalue weighted by atomic mass is 9.87. The first-order valence-corrected chi connectivity index (χ1v) is 12.6. The minimum atomic E-state index is -2.13. The number of thioether (sulfide) groups is 1. The van der Waals surface area contributed by atoms with Crippen LogP contribution < -0.4 is 5.32 Å². The maximum absolute atomic E-state index is 13.6. The molecule has 5 rings (SSSR count). The standard InChI is InChI=1S/C28H26N2O5S/c1-18(31)29-26-28(34,17-30-24(32)22(25(30)36-26)19-11-5-2-6-12-19)27(33)35-23(20-13-7-3-8-14-20)21-15-9-4-10-16-21/h2-16,22-23,25-26,34H,17H2,1H3,(H,29,31)/t22?,25-,26?,28?/m1/s1. The van der Waals surface area contributed by atoms with E-state index in [1.165, 1.54) is 23.6 Å². The average Bonchev–Trinajstić information content (AvgIpc) is 2.90. The maximum Gasteiger partial charge on any atom is 0.344 e. The summed E-state index contributed by atoms with van der Waals surface area (Å²) in [5.74, 6) is -1.87. The summed E-state index contributed by atoms with van der Waals surface area (Å²) in [6, 6.07) is 27.9. The zero-order chi connectivity index (χ0) is 25.3. The van der Waals surface area contributed by atoms with Crippen molar-refractivity contribution in [3.63, 3.8) is 0 Å². The Hall–Kier alpha value is -3.62. The zero-order valence-electron chi connectivity index (χ0n) is 19.6. The number of nitrogens with zero attached hydrogens (tertiary/aromatic N) is 1. The zero-order valence-corrected chi connectivity index (χ0v) is 20.4. The van der Waals surface area contributed by atoms with Crippen molar-refractivity contribution >= 4 is 29.5 Å². The van der Waals surface area contributed by atoms with Gasteiger partial charge in [0.25, 0.3) is 0 Å². The highest BCUT2D eigenvalue weighted by Crippen LogP contribution is 2.49. The van der Waals surface area contributed by atoms with E-state index in [1.807, 2.05) is 91.0 Å². The van der Waals surface area contributed by atoms with Crippen molar-refractivity contribution in [1.29, 1.82) is 0 Å². The molecule has 3 aromatic rings. The number of hydrogen-bond acceptors (Lipinski definition) is 6. The van der Waals surface area contributed by atoms with E-state index < -0.39 is 34.9 Å². The first-order chi connectivity index (χ1) is 17.4. The molecule has 184 valence electrons. The van der Waals surface area contributed by atoms with Gasteiger partial charge >= 0.3 is 5.97 Å². The summed E-state index contributed by atoms with van der Waals surface area (Å²) >= 11 is 1.19. The van der Waals surface area contributed by atoms with E-state index in [9.17, 15) is 19.5 Å². The number of fused-ring (bicyclic) bond motifs is 1. The van der Waals surface area contributed by atoms with Gasteiger partial charge in [-0.05, 0) is 16.7 Å². The molecule has 2 N–H and O–H groups in total. The number of nitrogens with one attached hydrogen (secondary N) is 1. The monoisotopic (exact) mass is 502 g/mol. The number of hydrogen-bond donors (Lipinski definition) is 2. The van der Waals surface area contributed by atoms with Gasteiger partial charge in [0.2, 0.25) is 17.4 Å². The smallest absolute Gasteiger partial charge is 0.344 e. The van der Waals surface area contributed by atoms with Gasteiger partial charge in [0.1, 0.15) is 5.37 Å². The first-order valence-electron chi connectivity index (χ1n) is 11.7. The van der Waals surface area contributed by atoms with Gasteiger partial charge in [-0.3, -0.25) is 9.59 Å². The summed E-state index contributed by atoms with van der Waals surface area (Å²) in [4.78, 5) is 40.2. The number of aliphatic hydroxyl groups is 1. The summed E-state index contributed by atoms with van der Waals surface area (Å²) in [6.07, 6.45) is -0.770. The van der Waals surface area contributed by atoms with Crippen molar-refractivity contribution < 1.29 is 24.2 Å². The fraction of sp³-hybridized carbons (Fsp3) is 0.250. The van der Waals surface area contributed by atoms with E-state index in [-0.39, 0.29) is 17.8 Å². The summed E-state index contributed by atoms with van der Waals surface area (Å²) in [5, 5.41) is 13.1. The molecule has 0 aliphatic carbocycles. The second-order valence-corrected chi connectivity index (χ2v) is 10.2. The molecule has 0 bridgehead atoms. The molecule has 2 amide bonds. The third kappa shape index (κ3) is 4.38. The topological polar surface area (TPSA) is 95.9 Å². The highest BCUT2D eigenvalue weighted by Gasteiger charge is 2.62. The second-order valence-electron chi connectivity index (χ2n) is 8.99. The number of amides is 2. The Bertz CT molecular complexity index is 1220. The van der Waals surface area contributed by atoms with E-state index in [2.05, 4.69) is 5.32 Å². The lowest BCUT2D eigenvalue weighted by Gasteiger charge is -2.55. The quantitative estimate of drug-likeness (QED) is 0.397. The molecule has 0 spiro atoms. The Morgan fingerprint density at radius 2 is 1.50 bits per heavy atom. The van der Waals surface area contributed by atoms with E-state index in [1.54, 1.807) is 0 Å². The maximum atomic E-state index is 13.6. The summed E-state index contributed by atoms with van der Waals surface area (Å²) in [5.41, 5.74) is 0.204. The molecule has 8 heteroatoms. The highest BCUT2D eigenvalue weighted by molar-refractivity contribution is 8.00. The minimum absolute atomic E-state index is 0.172. The Balaban J connectivity index is 1.44. The molecule has 7 nitrogen and oxygen atoms in total. The molecule has 2 saturated heterocycles. The van der Waals surface area contributed by atoms with Gasteiger partial charge in [-0.1, -0.05) is 91.0 Å². The number of rotatable bonds is 6. The van der Waals surface area contributed by atoms with Gasteiger partial charge in [0.05, 0.1) is 17.8 Å². The number of esters is 1. The van der Waals surface area contributed by atoms with Crippen molar-refractivity contribution in [2.45, 2.75) is 35.3 Å². The third-order valence-electron chi connectivity index (χ3n) is 6.54. The second kappa shape index (κ2) is 9.79. The Kier molecular flexibility index (Phi) is 6.55. The normalized spacial score (nSPS) is 25.0. The molecule has 0 aromatic heterocycles. The van der Waals surface area contributed by atoms with Crippen LogP contribution >= 0.6 is 11.8 Å². The van der Waals surface area contributed by atoms with Crippen LogP contribution in [0.3, 0.4) is 0 Å². The minimum Gasteiger partial charge on any atom is -0.450 e. The van der Waals surface area contributed by atoms with Crippen LogP contribution in [-0.2, 0) is 19.1 Å². The Morgan fingerprint density at radius 3 is 2.03 bits per heavy atom. The van der Waals surface area contributed by atoms with Crippen LogP contribution in [-0.4, -0.2) is 50.7 Å². The molecule has 0 radical (unpaired) electrons. The molecule has 3 unspecified atom stereocenters. The predicted octanol–water partition coefficient (Wildman–Crippen LogP) is 3.21. The molecule has 4 atom stereocenters. The van der Waals surface area contributed by atoms with Gasteiger partial charge in [-0.2, -0.15) is 0 Å². The number of carbonyl (C=O) groups is 3. The van der Waals surface area contributed by atoms with E-state index in [0.29, 0.717) is 0 Å². The molecule has 2 aliphatic rings. The summed E-state index contributed by atoms with van der Waals surface area (Å²) in [7, 11) is 0. The fourth-order valence-electron chi connectivity index (χ4n) is 4.71. The van der Waals surface area contributed by atoms with Gasteiger partial charge in [0, 0.05) is 6.92 Å². The number of β-lactam (4-membered cyclic amide) rings is 1. The van der Waals surface area contributed by atoms with Crippen LogP contribution in [0.5, 0.6) is 0 Å². The lowest BCUT2D eigenvalue weighted by Crippen LogP contribution is -2.73. The van der Waals surface area contributed by atoms with Crippen molar-refractivity contribution in [3.8, 4) is 0 Å². The molecule has 36 heavy (non-hydrogen) atoms. The van der Waals surface area contributed by atoms with Crippen molar-refractivity contribution in [2.75, 3.05) is 6.54 Å². The molecule has 2 aliphatic heterocycles. The summed E-state index contributed by atoms with van der Waals surface area (Å²) < 4.78 is 5.94. The molecular weight excluding hydrogens is 476 g/mol. The number of ether oxygens (including phenoxy) is 1. The average molecular weight is 503 g/mol. The first kappa shape index (κ1) is 24.1. The van der Waals surface area contributed by atoms with Crippen molar-refractivity contribution in [2.24, 2.45) is 0 Å². The van der Waals surface area contributed by atoms with Crippen LogP contribution in [0.4, 0.5) is 0 Å². The largest absolute Gasteiger partial charge is 0.450 e. The highest BCUT2D eigenvalue weighted by atomic mass is 32.2. The molecule has 0 saturated carbocycles. The van der Waals surface area contributed by atoms with Gasteiger partial charge < -0.3 is 20.1 Å². The van der Waals surface area contributed by atoms with E-state index in [0.717, 1.165) is 16.7 Å². The summed E-state index contributed by atoms with van der Waals surface area (Å²) in [6.45, 7) is 1.06. The van der Waals surface area contributed by atoms with Crippen LogP contribution in [0.2, 0.25) is 0 Å². The third-order valence-corrected chi connectivity index (χ3v) is 8.12. The van der Waals surface area contributed by atoms with Gasteiger partial charge in [-0.15, -0.1) is 11.8 Å². The molecular formula is C28H26N2O5S. The van der Waals surface area contributed by atoms with Crippen molar-refractivity contribution in [3.05, 3.63) is 108 Å². The number of carbonyl (C=O) groups excluding carboxylic acids is 3. The Morgan fingerprint density at radius 1 is 0.972 bits per heavy atom. The van der Waals surface area contributed by atoms with Gasteiger partial charge in [-0.25, -0.2) is 4.79 Å². The fourth-order valence-corrected chi connectivity index (χ4v) is 6.37. The van der Waals surface area contributed by atoms with Gasteiger partial charge in [0.15, 0.2) is 6.10 Å². The van der Waals surface area contributed by atoms with E-state index >= 15 is 0 Å². The molecule has 2 heterocycles. The Labute approximate surface area is 213 Å². The lowest BCUT2D eigenvalue weighted by molar-refractivity contribution is -0.178. The molecule has 2 fully saturated rings. The predicted molar refractivity (Wildman–Crippen MR) is 136 cm³/mol. The van der Waals surface area contributed by atoms with Crippen LogP contribution in [0.25, 0.3) is 0 Å².